The van der Waals surface area contributed by atoms with Gasteiger partial charge in [-0.25, -0.2) is 4.98 Å². The first-order valence-corrected chi connectivity index (χ1v) is 6.85. The van der Waals surface area contributed by atoms with Crippen molar-refractivity contribution in [2.75, 3.05) is 13.1 Å². The Balaban J connectivity index is 1.63. The van der Waals surface area contributed by atoms with Gasteiger partial charge in [-0.15, -0.1) is 11.3 Å². The SMILES string of the molecule is O=C(c1cscn1)N1CC(n2cc(Br)cn2)C1. The molecule has 3 heterocycles. The summed E-state index contributed by atoms with van der Waals surface area (Å²) in [6.45, 7) is 1.40. The normalized spacial score (nSPS) is 15.9. The van der Waals surface area contributed by atoms with E-state index >= 15 is 0 Å². The van der Waals surface area contributed by atoms with E-state index in [9.17, 15) is 4.79 Å². The molecule has 1 aliphatic rings. The number of carbonyl (C=O) groups is 1. The molecule has 0 saturated carbocycles. The van der Waals surface area contributed by atoms with E-state index in [0.29, 0.717) is 18.8 Å². The Labute approximate surface area is 110 Å². The molecule has 2 aromatic rings. The Hall–Kier alpha value is -1.21. The first kappa shape index (κ1) is 10.9. The topological polar surface area (TPSA) is 51.0 Å². The fourth-order valence-electron chi connectivity index (χ4n) is 1.78. The zero-order valence-corrected chi connectivity index (χ0v) is 11.2. The highest BCUT2D eigenvalue weighted by molar-refractivity contribution is 9.10. The molecule has 0 spiro atoms. The minimum atomic E-state index is 0.00808. The lowest BCUT2D eigenvalue weighted by Crippen LogP contribution is -2.50. The summed E-state index contributed by atoms with van der Waals surface area (Å²) in [5.41, 5.74) is 2.21. The highest BCUT2D eigenvalue weighted by atomic mass is 79.9. The standard InChI is InChI=1S/C10H9BrN4OS/c11-7-1-13-15(2-7)8-3-14(4-8)10(16)9-5-17-6-12-9/h1-2,5-6,8H,3-4H2. The second-order valence-corrected chi connectivity index (χ2v) is 5.51. The second kappa shape index (κ2) is 4.23. The number of thiazole rings is 1. The lowest BCUT2D eigenvalue weighted by atomic mass is 10.1. The predicted octanol–water partition coefficient (Wildman–Crippen LogP) is 1.80. The summed E-state index contributed by atoms with van der Waals surface area (Å²) in [6, 6.07) is 0.281. The van der Waals surface area contributed by atoms with Gasteiger partial charge >= 0.3 is 0 Å². The average molecular weight is 313 g/mol. The van der Waals surface area contributed by atoms with Crippen LogP contribution in [0, 0.1) is 0 Å². The minimum absolute atomic E-state index is 0.00808. The molecular weight excluding hydrogens is 304 g/mol. The van der Waals surface area contributed by atoms with E-state index in [4.69, 9.17) is 0 Å². The van der Waals surface area contributed by atoms with Crippen LogP contribution in [0.25, 0.3) is 0 Å². The van der Waals surface area contributed by atoms with E-state index in [1.165, 1.54) is 11.3 Å². The first-order valence-electron chi connectivity index (χ1n) is 5.11. The molecule has 1 saturated heterocycles. The van der Waals surface area contributed by atoms with Crippen molar-refractivity contribution in [1.29, 1.82) is 0 Å². The van der Waals surface area contributed by atoms with Crippen LogP contribution in [0.1, 0.15) is 16.5 Å². The molecule has 0 N–H and O–H groups in total. The maximum Gasteiger partial charge on any atom is 0.273 e. The molecule has 0 aliphatic carbocycles. The number of rotatable bonds is 2. The number of hydrogen-bond donors (Lipinski definition) is 0. The summed E-state index contributed by atoms with van der Waals surface area (Å²) in [5, 5.41) is 5.99. The van der Waals surface area contributed by atoms with Crippen molar-refractivity contribution in [3.63, 3.8) is 0 Å². The number of hydrogen-bond acceptors (Lipinski definition) is 4. The van der Waals surface area contributed by atoms with Crippen LogP contribution in [-0.4, -0.2) is 38.7 Å². The van der Waals surface area contributed by atoms with Gasteiger partial charge in [-0.05, 0) is 15.9 Å². The van der Waals surface area contributed by atoms with Crippen LogP contribution >= 0.6 is 27.3 Å². The zero-order valence-electron chi connectivity index (χ0n) is 8.78. The minimum Gasteiger partial charge on any atom is -0.333 e. The van der Waals surface area contributed by atoms with E-state index in [2.05, 4.69) is 26.0 Å². The number of aromatic nitrogens is 3. The highest BCUT2D eigenvalue weighted by Crippen LogP contribution is 2.23. The molecular formula is C10H9BrN4OS. The van der Waals surface area contributed by atoms with Gasteiger partial charge in [-0.1, -0.05) is 0 Å². The molecule has 3 rings (SSSR count). The van der Waals surface area contributed by atoms with Crippen molar-refractivity contribution in [2.24, 2.45) is 0 Å². The molecule has 1 aliphatic heterocycles. The zero-order chi connectivity index (χ0) is 11.8. The highest BCUT2D eigenvalue weighted by Gasteiger charge is 2.33. The fraction of sp³-hybridized carbons (Fsp3) is 0.300. The second-order valence-electron chi connectivity index (χ2n) is 3.88. The van der Waals surface area contributed by atoms with Gasteiger partial charge < -0.3 is 4.90 Å². The molecule has 1 amide bonds. The molecule has 17 heavy (non-hydrogen) atoms. The van der Waals surface area contributed by atoms with Crippen molar-refractivity contribution in [2.45, 2.75) is 6.04 Å². The maximum atomic E-state index is 11.9. The van der Waals surface area contributed by atoms with Crippen LogP contribution in [0.15, 0.2) is 27.8 Å². The summed E-state index contributed by atoms with van der Waals surface area (Å²) in [6.07, 6.45) is 3.68. The van der Waals surface area contributed by atoms with Crippen LogP contribution in [0.2, 0.25) is 0 Å². The van der Waals surface area contributed by atoms with Crippen molar-refractivity contribution in [3.05, 3.63) is 33.5 Å². The van der Waals surface area contributed by atoms with E-state index in [0.717, 1.165) is 4.47 Å². The monoisotopic (exact) mass is 312 g/mol. The molecule has 2 aromatic heterocycles. The molecule has 0 aromatic carbocycles. The lowest BCUT2D eigenvalue weighted by Gasteiger charge is -2.38. The molecule has 1 fully saturated rings. The molecule has 0 atom stereocenters. The Morgan fingerprint density at radius 2 is 2.35 bits per heavy atom. The summed E-state index contributed by atoms with van der Waals surface area (Å²) >= 11 is 4.79. The summed E-state index contributed by atoms with van der Waals surface area (Å²) in [7, 11) is 0. The van der Waals surface area contributed by atoms with E-state index in [1.54, 1.807) is 22.0 Å². The van der Waals surface area contributed by atoms with Crippen molar-refractivity contribution >= 4 is 33.2 Å². The van der Waals surface area contributed by atoms with Crippen molar-refractivity contribution < 1.29 is 4.79 Å². The Kier molecular flexibility index (Phi) is 2.71. The van der Waals surface area contributed by atoms with Gasteiger partial charge in [0.25, 0.3) is 5.91 Å². The van der Waals surface area contributed by atoms with E-state index < -0.39 is 0 Å². The molecule has 88 valence electrons. The smallest absolute Gasteiger partial charge is 0.273 e. The largest absolute Gasteiger partial charge is 0.333 e. The Morgan fingerprint density at radius 3 is 2.94 bits per heavy atom. The molecule has 5 nitrogen and oxygen atoms in total. The van der Waals surface area contributed by atoms with Crippen LogP contribution in [0.5, 0.6) is 0 Å². The van der Waals surface area contributed by atoms with Gasteiger partial charge in [0, 0.05) is 24.7 Å². The lowest BCUT2D eigenvalue weighted by molar-refractivity contribution is 0.0496. The van der Waals surface area contributed by atoms with E-state index in [1.807, 2.05) is 10.9 Å². The Morgan fingerprint density at radius 1 is 1.53 bits per heavy atom. The fourth-order valence-corrected chi connectivity index (χ4v) is 2.61. The molecule has 0 bridgehead atoms. The number of likely N-dealkylation sites (tertiary alicyclic amines) is 1. The summed E-state index contributed by atoms with van der Waals surface area (Å²) < 4.78 is 2.84. The quantitative estimate of drug-likeness (QED) is 0.849. The first-order chi connectivity index (χ1) is 8.24. The third kappa shape index (κ3) is 2.00. The van der Waals surface area contributed by atoms with E-state index in [-0.39, 0.29) is 11.9 Å². The van der Waals surface area contributed by atoms with Gasteiger partial charge in [0.1, 0.15) is 5.69 Å². The van der Waals surface area contributed by atoms with Crippen molar-refractivity contribution in [3.8, 4) is 0 Å². The molecule has 7 heteroatoms. The number of halogens is 1. The number of nitrogens with zero attached hydrogens (tertiary/aromatic N) is 4. The van der Waals surface area contributed by atoms with Gasteiger partial charge in [0.15, 0.2) is 0 Å². The van der Waals surface area contributed by atoms with Crippen molar-refractivity contribution in [1.82, 2.24) is 19.7 Å². The van der Waals surface area contributed by atoms with Gasteiger partial charge in [-0.3, -0.25) is 9.48 Å². The molecule has 0 radical (unpaired) electrons. The number of amides is 1. The number of carbonyl (C=O) groups excluding carboxylic acids is 1. The van der Waals surface area contributed by atoms with Crippen LogP contribution in [0.3, 0.4) is 0 Å². The van der Waals surface area contributed by atoms with Crippen LogP contribution in [-0.2, 0) is 0 Å². The summed E-state index contributed by atoms with van der Waals surface area (Å²) in [5.74, 6) is 0.00808. The van der Waals surface area contributed by atoms with Gasteiger partial charge in [0.05, 0.1) is 22.2 Å². The van der Waals surface area contributed by atoms with Crippen LogP contribution < -0.4 is 0 Å². The summed E-state index contributed by atoms with van der Waals surface area (Å²) in [4.78, 5) is 17.7. The Bertz CT molecular complexity index is 532. The van der Waals surface area contributed by atoms with Crippen LogP contribution in [0.4, 0.5) is 0 Å². The van der Waals surface area contributed by atoms with Gasteiger partial charge in [-0.2, -0.15) is 5.10 Å². The maximum absolute atomic E-state index is 11.9. The average Bonchev–Trinajstić information content (AvgIpc) is 2.86. The third-order valence-electron chi connectivity index (χ3n) is 2.75. The third-order valence-corrected chi connectivity index (χ3v) is 3.74. The van der Waals surface area contributed by atoms with Gasteiger partial charge in [0.2, 0.25) is 0 Å². The predicted molar refractivity (Wildman–Crippen MR) is 67.0 cm³/mol. The molecule has 0 unspecified atom stereocenters.